The van der Waals surface area contributed by atoms with Crippen LogP contribution in [0.5, 0.6) is 10.8 Å². The largest absolute Gasteiger partial charge is 0.592 e. The van der Waals surface area contributed by atoms with Crippen molar-refractivity contribution in [2.24, 2.45) is 0 Å². The molecule has 1 atom stereocenters. The molecule has 27 heavy (non-hydrogen) atoms. The predicted octanol–water partition coefficient (Wildman–Crippen LogP) is 2.51. The molecule has 1 unspecified atom stereocenters. The number of rotatable bonds is 9. The van der Waals surface area contributed by atoms with Gasteiger partial charge in [-0.25, -0.2) is 0 Å². The quantitative estimate of drug-likeness (QED) is 0.491. The monoisotopic (exact) mass is 408 g/mol. The van der Waals surface area contributed by atoms with Gasteiger partial charge in [0, 0.05) is 50.5 Å². The second kappa shape index (κ2) is 10.3. The average molecular weight is 409 g/mol. The van der Waals surface area contributed by atoms with E-state index < -0.39 is 11.4 Å². The van der Waals surface area contributed by atoms with Crippen molar-refractivity contribution in [1.29, 1.82) is 0 Å². The van der Waals surface area contributed by atoms with Gasteiger partial charge in [0.25, 0.3) is 0 Å². The van der Waals surface area contributed by atoms with E-state index in [4.69, 9.17) is 4.74 Å². The van der Waals surface area contributed by atoms with Gasteiger partial charge >= 0.3 is 0 Å². The van der Waals surface area contributed by atoms with Gasteiger partial charge in [-0.2, -0.15) is 0 Å². The summed E-state index contributed by atoms with van der Waals surface area (Å²) in [6.07, 6.45) is 0.965. The molecule has 0 amide bonds. The van der Waals surface area contributed by atoms with E-state index >= 15 is 0 Å². The normalized spacial score (nSPS) is 15.9. The summed E-state index contributed by atoms with van der Waals surface area (Å²) in [5.41, 5.74) is 1.18. The lowest BCUT2D eigenvalue weighted by atomic mass is 10.2. The minimum absolute atomic E-state index is 0.728. The number of ether oxygens (including phenoxy) is 1. The number of piperazine rings is 1. The van der Waals surface area contributed by atoms with Gasteiger partial charge < -0.3 is 24.4 Å². The van der Waals surface area contributed by atoms with Crippen molar-refractivity contribution in [1.82, 2.24) is 14.9 Å². The third kappa shape index (κ3) is 6.38. The Balaban J connectivity index is 1.54. The number of benzene rings is 1. The van der Waals surface area contributed by atoms with E-state index in [1.54, 1.807) is 0 Å². The van der Waals surface area contributed by atoms with Crippen molar-refractivity contribution < 1.29 is 9.29 Å². The summed E-state index contributed by atoms with van der Waals surface area (Å²) >= 11 is 0.234. The number of anilines is 1. The Hall–Kier alpha value is -1.29. The topological polar surface area (TPSA) is 62.8 Å². The lowest BCUT2D eigenvalue weighted by molar-refractivity contribution is 0.400. The van der Waals surface area contributed by atoms with Crippen molar-refractivity contribution in [2.75, 3.05) is 58.3 Å². The summed E-state index contributed by atoms with van der Waals surface area (Å²) in [6, 6.07) is 11.9. The van der Waals surface area contributed by atoms with Crippen LogP contribution in [0.25, 0.3) is 0 Å². The summed E-state index contributed by atoms with van der Waals surface area (Å²) < 4.78 is 22.2. The maximum atomic E-state index is 12.3. The Kier molecular flexibility index (Phi) is 7.81. The van der Waals surface area contributed by atoms with Gasteiger partial charge in [0.15, 0.2) is 5.06 Å². The standard InChI is InChI=1S/C19H28N4O2S2/c1-22(2)12-4-9-21-27(24)19-8-7-18(26-19)25-17-6-3-5-16(15-17)23-13-10-20-11-14-23/h3,5-8,15,20-21H,4,9-14H2,1-2H3. The van der Waals surface area contributed by atoms with Crippen LogP contribution >= 0.6 is 11.3 Å². The van der Waals surface area contributed by atoms with Crippen LogP contribution in [-0.2, 0) is 11.4 Å². The summed E-state index contributed by atoms with van der Waals surface area (Å²) in [5, 5.41) is 4.12. The lowest BCUT2D eigenvalue weighted by Gasteiger charge is -2.29. The van der Waals surface area contributed by atoms with Gasteiger partial charge in [0.1, 0.15) is 5.75 Å². The van der Waals surface area contributed by atoms with Crippen LogP contribution in [0.3, 0.4) is 0 Å². The second-order valence-electron chi connectivity index (χ2n) is 6.73. The van der Waals surface area contributed by atoms with E-state index in [2.05, 4.69) is 32.0 Å². The van der Waals surface area contributed by atoms with Crippen molar-refractivity contribution in [3.8, 4) is 10.8 Å². The van der Waals surface area contributed by atoms with Crippen LogP contribution < -0.4 is 19.7 Å². The van der Waals surface area contributed by atoms with Gasteiger partial charge in [-0.05, 0) is 56.6 Å². The third-order valence-electron chi connectivity index (χ3n) is 4.27. The molecule has 1 aromatic carbocycles. The highest BCUT2D eigenvalue weighted by Crippen LogP contribution is 2.33. The highest BCUT2D eigenvalue weighted by Gasteiger charge is 2.16. The molecule has 0 saturated carbocycles. The van der Waals surface area contributed by atoms with E-state index in [1.807, 2.05) is 38.4 Å². The number of nitrogens with one attached hydrogen (secondary N) is 2. The zero-order chi connectivity index (χ0) is 19.1. The molecule has 0 spiro atoms. The van der Waals surface area contributed by atoms with Crippen LogP contribution in [0.15, 0.2) is 40.6 Å². The van der Waals surface area contributed by atoms with Crippen LogP contribution in [0.4, 0.5) is 5.69 Å². The van der Waals surface area contributed by atoms with Gasteiger partial charge in [0.2, 0.25) is 4.21 Å². The highest BCUT2D eigenvalue weighted by molar-refractivity contribution is 7.91. The summed E-state index contributed by atoms with van der Waals surface area (Å²) in [5.74, 6) is 0.809. The van der Waals surface area contributed by atoms with Gasteiger partial charge in [-0.3, -0.25) is 0 Å². The first kappa shape index (κ1) is 20.4. The highest BCUT2D eigenvalue weighted by atomic mass is 32.2. The van der Waals surface area contributed by atoms with E-state index in [9.17, 15) is 4.55 Å². The molecule has 0 radical (unpaired) electrons. The van der Waals surface area contributed by atoms with Gasteiger partial charge in [0.05, 0.1) is 11.4 Å². The van der Waals surface area contributed by atoms with E-state index in [1.165, 1.54) is 17.0 Å². The zero-order valence-electron chi connectivity index (χ0n) is 15.9. The van der Waals surface area contributed by atoms with Crippen LogP contribution in [0.2, 0.25) is 0 Å². The maximum absolute atomic E-state index is 12.3. The minimum Gasteiger partial charge on any atom is -0.592 e. The van der Waals surface area contributed by atoms with Gasteiger partial charge in [-0.1, -0.05) is 6.07 Å². The number of nitrogens with zero attached hydrogens (tertiary/aromatic N) is 2. The Morgan fingerprint density at radius 2 is 2.07 bits per heavy atom. The van der Waals surface area contributed by atoms with Crippen LogP contribution in [0.1, 0.15) is 6.42 Å². The summed E-state index contributed by atoms with van der Waals surface area (Å²) in [6.45, 7) is 5.73. The molecule has 148 valence electrons. The Labute approximate surface area is 168 Å². The SMILES string of the molecule is CN(C)CCCN[S+]([O-])c1ccc(Oc2cccc(N3CCNCC3)c2)s1. The predicted molar refractivity (Wildman–Crippen MR) is 113 cm³/mol. The van der Waals surface area contributed by atoms with E-state index in [0.29, 0.717) is 0 Å². The minimum atomic E-state index is -1.19. The molecular weight excluding hydrogens is 380 g/mol. The molecule has 1 fully saturated rings. The second-order valence-corrected chi connectivity index (χ2v) is 9.30. The maximum Gasteiger partial charge on any atom is 0.231 e. The van der Waals surface area contributed by atoms with Gasteiger partial charge in [-0.15, -0.1) is 4.72 Å². The van der Waals surface area contributed by atoms with Crippen molar-refractivity contribution in [3.63, 3.8) is 0 Å². The number of hydrogen-bond donors (Lipinski definition) is 2. The zero-order valence-corrected chi connectivity index (χ0v) is 17.6. The molecule has 0 bridgehead atoms. The Bertz CT molecular complexity index is 705. The fourth-order valence-corrected chi connectivity index (χ4v) is 4.87. The summed E-state index contributed by atoms with van der Waals surface area (Å²) in [4.78, 5) is 4.48. The van der Waals surface area contributed by atoms with Crippen LogP contribution in [0, 0.1) is 0 Å². The number of hydrogen-bond acceptors (Lipinski definition) is 7. The molecule has 6 nitrogen and oxygen atoms in total. The number of thiophene rings is 1. The molecule has 1 aliphatic heterocycles. The molecule has 3 rings (SSSR count). The van der Waals surface area contributed by atoms with E-state index in [-0.39, 0.29) is 0 Å². The van der Waals surface area contributed by atoms with Crippen molar-refractivity contribution in [3.05, 3.63) is 36.4 Å². The fourth-order valence-electron chi connectivity index (χ4n) is 2.87. The molecule has 0 aliphatic carbocycles. The smallest absolute Gasteiger partial charge is 0.231 e. The molecule has 2 N–H and O–H groups in total. The average Bonchev–Trinajstić information content (AvgIpc) is 3.14. The molecule has 1 aromatic heterocycles. The Morgan fingerprint density at radius 3 is 2.85 bits per heavy atom. The first-order valence-corrected chi connectivity index (χ1v) is 11.2. The molecule has 2 aromatic rings. The molecule has 8 heteroatoms. The third-order valence-corrected chi connectivity index (χ3v) is 6.70. The van der Waals surface area contributed by atoms with Crippen molar-refractivity contribution >= 4 is 28.4 Å². The van der Waals surface area contributed by atoms with Crippen molar-refractivity contribution in [2.45, 2.75) is 10.6 Å². The van der Waals surface area contributed by atoms with Crippen LogP contribution in [-0.4, -0.2) is 62.8 Å². The van der Waals surface area contributed by atoms with E-state index in [0.717, 1.165) is 60.7 Å². The molecule has 1 aliphatic rings. The molecule has 1 saturated heterocycles. The Morgan fingerprint density at radius 1 is 1.26 bits per heavy atom. The fraction of sp³-hybridized carbons (Fsp3) is 0.474. The lowest BCUT2D eigenvalue weighted by Crippen LogP contribution is -2.43. The molecular formula is C19H28N4O2S2. The first-order chi connectivity index (χ1) is 13.1. The summed E-state index contributed by atoms with van der Waals surface area (Å²) in [7, 11) is 4.08. The molecule has 2 heterocycles. The first-order valence-electron chi connectivity index (χ1n) is 9.25.